The SMILES string of the molecule is N#Cc1ccc(N2CC3(CCN(C(=O)C4[C@H]5COC[C@@H]45)C3)CC2=O)cc1. The summed E-state index contributed by atoms with van der Waals surface area (Å²) in [5.41, 5.74) is 1.30. The van der Waals surface area contributed by atoms with E-state index < -0.39 is 0 Å². The second-order valence-corrected chi connectivity index (χ2v) is 8.22. The molecular weight excluding hydrogens is 330 g/mol. The number of nitrogens with zero attached hydrogens (tertiary/aromatic N) is 3. The summed E-state index contributed by atoms with van der Waals surface area (Å²) in [4.78, 5) is 29.2. The largest absolute Gasteiger partial charge is 0.381 e. The third kappa shape index (κ3) is 2.34. The minimum absolute atomic E-state index is 0.112. The van der Waals surface area contributed by atoms with Gasteiger partial charge in [0.1, 0.15) is 0 Å². The zero-order chi connectivity index (χ0) is 17.9. The minimum atomic E-state index is -0.124. The zero-order valence-electron chi connectivity index (χ0n) is 14.6. The molecule has 3 heterocycles. The van der Waals surface area contributed by atoms with Crippen molar-refractivity contribution in [3.8, 4) is 6.07 Å². The number of hydrogen-bond acceptors (Lipinski definition) is 4. The molecule has 2 amide bonds. The first-order valence-electron chi connectivity index (χ1n) is 9.27. The standard InChI is InChI=1S/C20H21N3O3/c21-8-13-1-3-14(4-2-13)23-12-20(7-17(23)24)5-6-22(11-20)19(25)18-15-9-26-10-16(15)18/h1-4,15-16,18H,5-7,9-12H2/t15-,16+,18?,20?. The fraction of sp³-hybridized carbons (Fsp3) is 0.550. The predicted octanol–water partition coefficient (Wildman–Crippen LogP) is 1.41. The molecule has 3 aliphatic heterocycles. The van der Waals surface area contributed by atoms with Gasteiger partial charge in [-0.1, -0.05) is 0 Å². The first-order valence-corrected chi connectivity index (χ1v) is 9.27. The molecule has 0 radical (unpaired) electrons. The Morgan fingerprint density at radius 1 is 1.19 bits per heavy atom. The number of nitriles is 1. The highest BCUT2D eigenvalue weighted by molar-refractivity contribution is 5.96. The molecule has 4 atom stereocenters. The Morgan fingerprint density at radius 2 is 1.92 bits per heavy atom. The van der Waals surface area contributed by atoms with E-state index in [-0.39, 0.29) is 23.1 Å². The van der Waals surface area contributed by atoms with Crippen molar-refractivity contribution in [1.82, 2.24) is 4.90 Å². The highest BCUT2D eigenvalue weighted by atomic mass is 16.5. The number of anilines is 1. The average Bonchev–Trinajstić information content (AvgIpc) is 3.05. The maximum Gasteiger partial charge on any atom is 0.227 e. The van der Waals surface area contributed by atoms with Gasteiger partial charge in [0.15, 0.2) is 0 Å². The van der Waals surface area contributed by atoms with Gasteiger partial charge in [-0.2, -0.15) is 5.26 Å². The van der Waals surface area contributed by atoms with Gasteiger partial charge in [0.05, 0.1) is 24.8 Å². The number of amides is 2. The number of rotatable bonds is 2. The number of ether oxygens (including phenoxy) is 1. The van der Waals surface area contributed by atoms with Gasteiger partial charge in [0.2, 0.25) is 11.8 Å². The lowest BCUT2D eigenvalue weighted by atomic mass is 9.86. The van der Waals surface area contributed by atoms with Gasteiger partial charge in [0, 0.05) is 43.1 Å². The Balaban J connectivity index is 1.28. The third-order valence-electron chi connectivity index (χ3n) is 6.62. The smallest absolute Gasteiger partial charge is 0.227 e. The number of benzene rings is 1. The molecule has 5 rings (SSSR count). The molecule has 6 nitrogen and oxygen atoms in total. The first kappa shape index (κ1) is 15.8. The molecule has 4 aliphatic rings. The van der Waals surface area contributed by atoms with Gasteiger partial charge in [0.25, 0.3) is 0 Å². The van der Waals surface area contributed by atoms with Gasteiger partial charge in [-0.25, -0.2) is 0 Å². The third-order valence-corrected chi connectivity index (χ3v) is 6.62. The van der Waals surface area contributed by atoms with E-state index in [9.17, 15) is 9.59 Å². The van der Waals surface area contributed by atoms with Crippen molar-refractivity contribution in [1.29, 1.82) is 5.26 Å². The first-order chi connectivity index (χ1) is 12.6. The normalized spacial score (nSPS) is 35.0. The molecular formula is C20H21N3O3. The Kier molecular flexibility index (Phi) is 3.38. The average molecular weight is 351 g/mol. The van der Waals surface area contributed by atoms with Crippen LogP contribution in [0.1, 0.15) is 18.4 Å². The molecule has 1 aromatic rings. The van der Waals surface area contributed by atoms with Crippen LogP contribution in [0.2, 0.25) is 0 Å². The van der Waals surface area contributed by atoms with Gasteiger partial charge >= 0.3 is 0 Å². The van der Waals surface area contributed by atoms with Crippen molar-refractivity contribution in [2.24, 2.45) is 23.2 Å². The van der Waals surface area contributed by atoms with Crippen LogP contribution in [-0.4, -0.2) is 49.6 Å². The number of fused-ring (bicyclic) bond motifs is 1. The summed E-state index contributed by atoms with van der Waals surface area (Å²) < 4.78 is 5.39. The summed E-state index contributed by atoms with van der Waals surface area (Å²) in [6, 6.07) is 9.25. The van der Waals surface area contributed by atoms with Crippen LogP contribution in [0.4, 0.5) is 5.69 Å². The number of carbonyl (C=O) groups is 2. The monoisotopic (exact) mass is 351 g/mol. The molecule has 3 saturated heterocycles. The van der Waals surface area contributed by atoms with Gasteiger partial charge < -0.3 is 14.5 Å². The van der Waals surface area contributed by atoms with Crippen LogP contribution in [0.3, 0.4) is 0 Å². The van der Waals surface area contributed by atoms with E-state index in [4.69, 9.17) is 10.00 Å². The van der Waals surface area contributed by atoms with Crippen LogP contribution in [-0.2, 0) is 14.3 Å². The van der Waals surface area contributed by atoms with Gasteiger partial charge in [-0.05, 0) is 42.5 Å². The molecule has 4 fully saturated rings. The summed E-state index contributed by atoms with van der Waals surface area (Å²) in [6.07, 6.45) is 1.38. The van der Waals surface area contributed by atoms with Crippen LogP contribution < -0.4 is 4.90 Å². The van der Waals surface area contributed by atoms with E-state index in [0.29, 0.717) is 36.9 Å². The Morgan fingerprint density at radius 3 is 2.62 bits per heavy atom. The molecule has 0 bridgehead atoms. The van der Waals surface area contributed by atoms with Crippen molar-refractivity contribution in [2.75, 3.05) is 37.7 Å². The van der Waals surface area contributed by atoms with Crippen LogP contribution >= 0.6 is 0 Å². The van der Waals surface area contributed by atoms with E-state index in [1.807, 2.05) is 21.9 Å². The van der Waals surface area contributed by atoms with Crippen molar-refractivity contribution in [3.05, 3.63) is 29.8 Å². The summed E-state index contributed by atoms with van der Waals surface area (Å²) in [6.45, 7) is 3.55. The van der Waals surface area contributed by atoms with Crippen molar-refractivity contribution >= 4 is 17.5 Å². The van der Waals surface area contributed by atoms with Crippen LogP contribution in [0, 0.1) is 34.5 Å². The zero-order valence-corrected chi connectivity index (χ0v) is 14.6. The van der Waals surface area contributed by atoms with Crippen LogP contribution in [0.15, 0.2) is 24.3 Å². The Hall–Kier alpha value is -2.39. The Labute approximate surface area is 152 Å². The summed E-state index contributed by atoms with van der Waals surface area (Å²) >= 11 is 0. The van der Waals surface area contributed by atoms with Gasteiger partial charge in [-0.3, -0.25) is 9.59 Å². The van der Waals surface area contributed by atoms with Crippen LogP contribution in [0.25, 0.3) is 0 Å². The van der Waals surface area contributed by atoms with E-state index in [0.717, 1.165) is 31.9 Å². The second-order valence-electron chi connectivity index (χ2n) is 8.22. The van der Waals surface area contributed by atoms with E-state index in [1.54, 1.807) is 12.1 Å². The number of likely N-dealkylation sites (tertiary alicyclic amines) is 1. The van der Waals surface area contributed by atoms with E-state index in [2.05, 4.69) is 6.07 Å². The fourth-order valence-electron chi connectivity index (χ4n) is 5.06. The molecule has 6 heteroatoms. The molecule has 1 aromatic carbocycles. The molecule has 1 saturated carbocycles. The van der Waals surface area contributed by atoms with Gasteiger partial charge in [-0.15, -0.1) is 0 Å². The predicted molar refractivity (Wildman–Crippen MR) is 93.0 cm³/mol. The molecule has 1 aliphatic carbocycles. The highest BCUT2D eigenvalue weighted by Gasteiger charge is 2.60. The number of carbonyl (C=O) groups excluding carboxylic acids is 2. The molecule has 26 heavy (non-hydrogen) atoms. The van der Waals surface area contributed by atoms with Crippen LogP contribution in [0.5, 0.6) is 0 Å². The van der Waals surface area contributed by atoms with Crippen molar-refractivity contribution < 1.29 is 14.3 Å². The lowest BCUT2D eigenvalue weighted by molar-refractivity contribution is -0.133. The van der Waals surface area contributed by atoms with Crippen molar-refractivity contribution in [3.63, 3.8) is 0 Å². The molecule has 2 unspecified atom stereocenters. The molecule has 1 spiro atoms. The number of hydrogen-bond donors (Lipinski definition) is 0. The summed E-state index contributed by atoms with van der Waals surface area (Å²) in [7, 11) is 0. The molecule has 0 aromatic heterocycles. The van der Waals surface area contributed by atoms with E-state index >= 15 is 0 Å². The Bertz CT molecular complexity index is 805. The van der Waals surface area contributed by atoms with Crippen molar-refractivity contribution in [2.45, 2.75) is 12.8 Å². The quantitative estimate of drug-likeness (QED) is 0.807. The molecule has 0 N–H and O–H groups in total. The lowest BCUT2D eigenvalue weighted by Crippen LogP contribution is -2.36. The fourth-order valence-corrected chi connectivity index (χ4v) is 5.06. The second kappa shape index (κ2) is 5.55. The maximum absolute atomic E-state index is 12.8. The molecule has 134 valence electrons. The minimum Gasteiger partial charge on any atom is -0.381 e. The lowest BCUT2D eigenvalue weighted by Gasteiger charge is -2.24. The summed E-state index contributed by atoms with van der Waals surface area (Å²) in [5.74, 6) is 1.40. The highest BCUT2D eigenvalue weighted by Crippen LogP contribution is 2.52. The van der Waals surface area contributed by atoms with E-state index in [1.165, 1.54) is 0 Å². The maximum atomic E-state index is 12.8. The summed E-state index contributed by atoms with van der Waals surface area (Å²) in [5, 5.41) is 8.93. The topological polar surface area (TPSA) is 73.6 Å².